The first-order chi connectivity index (χ1) is 11.7. The highest BCUT2D eigenvalue weighted by molar-refractivity contribution is 5.78. The maximum absolute atomic E-state index is 12.6. The van der Waals surface area contributed by atoms with Crippen molar-refractivity contribution in [3.63, 3.8) is 0 Å². The molecule has 24 heavy (non-hydrogen) atoms. The minimum absolute atomic E-state index is 0.0101. The number of amides is 1. The summed E-state index contributed by atoms with van der Waals surface area (Å²) in [6.07, 6.45) is 4.65. The molecule has 0 aliphatic carbocycles. The molecule has 0 spiro atoms. The molecule has 1 unspecified atom stereocenters. The van der Waals surface area contributed by atoms with Gasteiger partial charge in [-0.3, -0.25) is 4.79 Å². The summed E-state index contributed by atoms with van der Waals surface area (Å²) in [5.41, 5.74) is 1.26. The standard InChI is InChI=1S/C18H24N4O2/c1-3-14-4-6-15(7-5-14)24-13-17(23)22-11-8-19-12-16(22)18-20-9-10-21(18)2/h4-7,9-10,16,19H,3,8,11-13H2,1-2H3. The van der Waals surface area contributed by atoms with Crippen molar-refractivity contribution in [2.45, 2.75) is 19.4 Å². The molecule has 1 amide bonds. The zero-order valence-corrected chi connectivity index (χ0v) is 14.2. The van der Waals surface area contributed by atoms with Gasteiger partial charge in [0.15, 0.2) is 6.61 Å². The normalized spacial score (nSPS) is 17.8. The van der Waals surface area contributed by atoms with E-state index < -0.39 is 0 Å². The van der Waals surface area contributed by atoms with Gasteiger partial charge in [-0.1, -0.05) is 19.1 Å². The third-order valence-electron chi connectivity index (χ3n) is 4.41. The van der Waals surface area contributed by atoms with Crippen LogP contribution in [0.5, 0.6) is 5.75 Å². The molecule has 0 bridgehead atoms. The van der Waals surface area contributed by atoms with Gasteiger partial charge in [0.1, 0.15) is 17.6 Å². The van der Waals surface area contributed by atoms with Crippen LogP contribution in [-0.4, -0.2) is 46.6 Å². The largest absolute Gasteiger partial charge is 0.484 e. The van der Waals surface area contributed by atoms with Crippen LogP contribution in [0.1, 0.15) is 24.4 Å². The van der Waals surface area contributed by atoms with Crippen LogP contribution >= 0.6 is 0 Å². The number of piperazine rings is 1. The first kappa shape index (κ1) is 16.5. The molecule has 128 valence electrons. The minimum atomic E-state index is -0.0580. The molecule has 1 aliphatic rings. The van der Waals surface area contributed by atoms with Crippen LogP contribution in [0.25, 0.3) is 0 Å². The van der Waals surface area contributed by atoms with Crippen LogP contribution in [-0.2, 0) is 18.3 Å². The molecule has 1 aliphatic heterocycles. The topological polar surface area (TPSA) is 59.4 Å². The highest BCUT2D eigenvalue weighted by atomic mass is 16.5. The average Bonchev–Trinajstić information content (AvgIpc) is 3.06. The van der Waals surface area contributed by atoms with Crippen molar-refractivity contribution in [2.24, 2.45) is 7.05 Å². The second kappa shape index (κ2) is 7.49. The smallest absolute Gasteiger partial charge is 0.261 e. The monoisotopic (exact) mass is 328 g/mol. The first-order valence-electron chi connectivity index (χ1n) is 8.38. The van der Waals surface area contributed by atoms with Crippen LogP contribution < -0.4 is 10.1 Å². The Balaban J connectivity index is 1.64. The maximum Gasteiger partial charge on any atom is 0.261 e. The van der Waals surface area contributed by atoms with Gasteiger partial charge in [-0.15, -0.1) is 0 Å². The Morgan fingerprint density at radius 2 is 2.17 bits per heavy atom. The van der Waals surface area contributed by atoms with E-state index in [1.807, 2.05) is 47.0 Å². The molecule has 0 saturated carbocycles. The lowest BCUT2D eigenvalue weighted by Gasteiger charge is -2.35. The van der Waals surface area contributed by atoms with Crippen molar-refractivity contribution < 1.29 is 9.53 Å². The highest BCUT2D eigenvalue weighted by Gasteiger charge is 2.30. The van der Waals surface area contributed by atoms with Crippen molar-refractivity contribution in [2.75, 3.05) is 26.2 Å². The zero-order valence-electron chi connectivity index (χ0n) is 14.2. The van der Waals surface area contributed by atoms with Gasteiger partial charge < -0.3 is 19.5 Å². The van der Waals surface area contributed by atoms with Crippen LogP contribution in [0.4, 0.5) is 0 Å². The van der Waals surface area contributed by atoms with E-state index in [2.05, 4.69) is 17.2 Å². The van der Waals surface area contributed by atoms with Crippen LogP contribution in [0, 0.1) is 0 Å². The Hall–Kier alpha value is -2.34. The molecule has 0 radical (unpaired) electrons. The third kappa shape index (κ3) is 3.59. The average molecular weight is 328 g/mol. The van der Waals surface area contributed by atoms with Gasteiger partial charge in [0.25, 0.3) is 5.91 Å². The Kier molecular flexibility index (Phi) is 5.15. The quantitative estimate of drug-likeness (QED) is 0.904. The molecule has 1 N–H and O–H groups in total. The zero-order chi connectivity index (χ0) is 16.9. The molecular weight excluding hydrogens is 304 g/mol. The summed E-state index contributed by atoms with van der Waals surface area (Å²) in [5, 5.41) is 3.33. The van der Waals surface area contributed by atoms with E-state index >= 15 is 0 Å². The number of nitrogens with one attached hydrogen (secondary N) is 1. The molecule has 1 atom stereocenters. The first-order valence-corrected chi connectivity index (χ1v) is 8.38. The van der Waals surface area contributed by atoms with Gasteiger partial charge in [-0.2, -0.15) is 0 Å². The summed E-state index contributed by atoms with van der Waals surface area (Å²) in [6, 6.07) is 7.83. The molecular formula is C18H24N4O2. The summed E-state index contributed by atoms with van der Waals surface area (Å²) >= 11 is 0. The van der Waals surface area contributed by atoms with Gasteiger partial charge >= 0.3 is 0 Å². The Morgan fingerprint density at radius 3 is 2.83 bits per heavy atom. The summed E-state index contributed by atoms with van der Waals surface area (Å²) in [6.45, 7) is 4.32. The molecule has 1 saturated heterocycles. The number of ether oxygens (including phenoxy) is 1. The number of carbonyl (C=O) groups excluding carboxylic acids is 1. The Morgan fingerprint density at radius 1 is 1.38 bits per heavy atom. The number of carbonyl (C=O) groups is 1. The molecule has 2 aromatic rings. The predicted molar refractivity (Wildman–Crippen MR) is 91.8 cm³/mol. The van der Waals surface area contributed by atoms with Crippen LogP contribution in [0.3, 0.4) is 0 Å². The van der Waals surface area contributed by atoms with E-state index in [0.29, 0.717) is 13.1 Å². The summed E-state index contributed by atoms with van der Waals surface area (Å²) < 4.78 is 7.64. The lowest BCUT2D eigenvalue weighted by Crippen LogP contribution is -2.50. The number of hydrogen-bond acceptors (Lipinski definition) is 4. The van der Waals surface area contributed by atoms with Crippen LogP contribution in [0.2, 0.25) is 0 Å². The molecule has 1 aromatic heterocycles. The molecule has 3 rings (SSSR count). The van der Waals surface area contributed by atoms with E-state index in [1.165, 1.54) is 5.56 Å². The van der Waals surface area contributed by atoms with Crippen molar-refractivity contribution in [1.82, 2.24) is 19.8 Å². The summed E-state index contributed by atoms with van der Waals surface area (Å²) in [7, 11) is 1.95. The number of nitrogens with zero attached hydrogens (tertiary/aromatic N) is 3. The van der Waals surface area contributed by atoms with E-state index in [9.17, 15) is 4.79 Å². The molecule has 1 aromatic carbocycles. The Bertz CT molecular complexity index is 681. The van der Waals surface area contributed by atoms with Gasteiger partial charge in [-0.05, 0) is 24.1 Å². The lowest BCUT2D eigenvalue weighted by atomic mass is 10.1. The lowest BCUT2D eigenvalue weighted by molar-refractivity contribution is -0.137. The number of aromatic nitrogens is 2. The Labute approximate surface area is 142 Å². The van der Waals surface area contributed by atoms with Crippen molar-refractivity contribution in [3.8, 4) is 5.75 Å². The molecule has 6 nitrogen and oxygen atoms in total. The number of imidazole rings is 1. The minimum Gasteiger partial charge on any atom is -0.484 e. The molecule has 1 fully saturated rings. The van der Waals surface area contributed by atoms with E-state index in [1.54, 1.807) is 6.20 Å². The number of hydrogen-bond donors (Lipinski definition) is 1. The van der Waals surface area contributed by atoms with E-state index in [4.69, 9.17) is 4.74 Å². The van der Waals surface area contributed by atoms with Gasteiger partial charge in [0.2, 0.25) is 0 Å². The number of benzene rings is 1. The molecule has 6 heteroatoms. The third-order valence-corrected chi connectivity index (χ3v) is 4.41. The highest BCUT2D eigenvalue weighted by Crippen LogP contribution is 2.21. The van der Waals surface area contributed by atoms with Gasteiger partial charge in [0, 0.05) is 39.1 Å². The SMILES string of the molecule is CCc1ccc(OCC(=O)N2CCNCC2c2nccn2C)cc1. The second-order valence-corrected chi connectivity index (χ2v) is 5.99. The van der Waals surface area contributed by atoms with Crippen molar-refractivity contribution in [3.05, 3.63) is 48.0 Å². The fraction of sp³-hybridized carbons (Fsp3) is 0.444. The maximum atomic E-state index is 12.6. The van der Waals surface area contributed by atoms with E-state index in [0.717, 1.165) is 24.5 Å². The summed E-state index contributed by atoms with van der Waals surface area (Å²) in [4.78, 5) is 18.9. The van der Waals surface area contributed by atoms with Gasteiger partial charge in [-0.25, -0.2) is 4.98 Å². The second-order valence-electron chi connectivity index (χ2n) is 5.99. The van der Waals surface area contributed by atoms with E-state index in [-0.39, 0.29) is 18.6 Å². The number of rotatable bonds is 5. The van der Waals surface area contributed by atoms with Crippen molar-refractivity contribution in [1.29, 1.82) is 0 Å². The summed E-state index contributed by atoms with van der Waals surface area (Å²) in [5.74, 6) is 1.61. The fourth-order valence-electron chi connectivity index (χ4n) is 2.98. The van der Waals surface area contributed by atoms with Crippen LogP contribution in [0.15, 0.2) is 36.7 Å². The molecule has 2 heterocycles. The van der Waals surface area contributed by atoms with Crippen molar-refractivity contribution >= 4 is 5.91 Å². The predicted octanol–water partition coefficient (Wildman–Crippen LogP) is 1.53. The van der Waals surface area contributed by atoms with Gasteiger partial charge in [0.05, 0.1) is 0 Å². The fourth-order valence-corrected chi connectivity index (χ4v) is 2.98. The number of aryl methyl sites for hydroxylation is 2.